The van der Waals surface area contributed by atoms with Crippen LogP contribution in [0.1, 0.15) is 5.56 Å². The molecule has 0 radical (unpaired) electrons. The third kappa shape index (κ3) is 3.29. The summed E-state index contributed by atoms with van der Waals surface area (Å²) in [6.45, 7) is 3.53. The van der Waals surface area contributed by atoms with Crippen molar-refractivity contribution >= 4 is 29.7 Å². The Labute approximate surface area is 112 Å². The smallest absolute Gasteiger partial charge is 0.286 e. The zero-order chi connectivity index (χ0) is 13.8. The van der Waals surface area contributed by atoms with Crippen LogP contribution < -0.4 is 5.32 Å². The number of benzene rings is 1. The van der Waals surface area contributed by atoms with Crippen LogP contribution in [-0.4, -0.2) is 18.1 Å². The molecule has 0 saturated carbocycles. The van der Waals surface area contributed by atoms with E-state index in [1.54, 1.807) is 0 Å². The summed E-state index contributed by atoms with van der Waals surface area (Å²) in [5, 5.41) is 16.7. The highest BCUT2D eigenvalue weighted by molar-refractivity contribution is 6.33. The lowest BCUT2D eigenvalue weighted by molar-refractivity contribution is 0.251. The van der Waals surface area contributed by atoms with Crippen molar-refractivity contribution in [2.45, 2.75) is 0 Å². The molecule has 0 saturated heterocycles. The predicted octanol–water partition coefficient (Wildman–Crippen LogP) is 2.90. The van der Waals surface area contributed by atoms with Crippen LogP contribution in [0.25, 0.3) is 0 Å². The van der Waals surface area contributed by atoms with Crippen molar-refractivity contribution in [2.24, 2.45) is 20.4 Å². The van der Waals surface area contributed by atoms with Crippen molar-refractivity contribution in [3.05, 3.63) is 46.9 Å². The van der Waals surface area contributed by atoms with Gasteiger partial charge in [-0.1, -0.05) is 23.3 Å². The summed E-state index contributed by atoms with van der Waals surface area (Å²) in [5.41, 5.74) is 0.670. The van der Waals surface area contributed by atoms with Gasteiger partial charge in [-0.2, -0.15) is 5.10 Å². The second-order valence-electron chi connectivity index (χ2n) is 3.44. The number of nitrogens with one attached hydrogen (secondary N) is 1. The van der Waals surface area contributed by atoms with Gasteiger partial charge in [-0.3, -0.25) is 5.32 Å². The fourth-order valence-electron chi connectivity index (χ4n) is 1.19. The van der Waals surface area contributed by atoms with Gasteiger partial charge in [-0.25, -0.2) is 9.18 Å². The maximum absolute atomic E-state index is 12.8. The van der Waals surface area contributed by atoms with Gasteiger partial charge in [0, 0.05) is 5.56 Å². The highest BCUT2D eigenvalue weighted by Crippen LogP contribution is 2.15. The lowest BCUT2D eigenvalue weighted by atomic mass is 10.2. The fraction of sp³-hybridized carbons (Fsp3) is 0. The first-order valence-electron chi connectivity index (χ1n) is 5.04. The van der Waals surface area contributed by atoms with Crippen molar-refractivity contribution in [1.29, 1.82) is 0 Å². The van der Waals surface area contributed by atoms with Crippen LogP contribution in [0.15, 0.2) is 50.9 Å². The SMILES string of the molecule is C=C1N=NC(=O)N/C1=N/N=C/c1ccc(F)cc1Cl. The van der Waals surface area contributed by atoms with Gasteiger partial charge < -0.3 is 0 Å². The minimum absolute atomic E-state index is 0.0921. The molecule has 1 aliphatic rings. The standard InChI is InChI=1S/C11H7ClFN5O/c1-6-10(15-11(19)18-16-6)17-14-5-7-2-3-8(13)4-9(7)12/h2-5H,1H2,(H,15,17,19)/b14-5+. The topological polar surface area (TPSA) is 78.5 Å². The van der Waals surface area contributed by atoms with E-state index in [-0.39, 0.29) is 16.6 Å². The van der Waals surface area contributed by atoms with E-state index in [2.05, 4.69) is 32.3 Å². The van der Waals surface area contributed by atoms with E-state index < -0.39 is 11.8 Å². The maximum Gasteiger partial charge on any atom is 0.365 e. The van der Waals surface area contributed by atoms with Crippen LogP contribution >= 0.6 is 11.6 Å². The van der Waals surface area contributed by atoms with Gasteiger partial charge in [-0.15, -0.1) is 10.2 Å². The third-order valence-corrected chi connectivity index (χ3v) is 2.40. The highest BCUT2D eigenvalue weighted by Gasteiger charge is 2.14. The second kappa shape index (κ2) is 5.49. The number of nitrogens with zero attached hydrogens (tertiary/aromatic N) is 4. The van der Waals surface area contributed by atoms with Gasteiger partial charge in [0.05, 0.1) is 11.2 Å². The quantitative estimate of drug-likeness (QED) is 0.655. The Kier molecular flexibility index (Phi) is 3.76. The molecule has 1 N–H and O–H groups in total. The molecule has 0 unspecified atom stereocenters. The van der Waals surface area contributed by atoms with E-state index in [1.807, 2.05) is 0 Å². The number of amides is 2. The Bertz CT molecular complexity index is 638. The number of carbonyl (C=O) groups excluding carboxylic acids is 1. The van der Waals surface area contributed by atoms with Crippen LogP contribution in [0.4, 0.5) is 9.18 Å². The van der Waals surface area contributed by atoms with E-state index >= 15 is 0 Å². The van der Waals surface area contributed by atoms with Gasteiger partial charge >= 0.3 is 6.03 Å². The maximum atomic E-state index is 12.8. The molecule has 6 nitrogen and oxygen atoms in total. The molecule has 0 fully saturated rings. The van der Waals surface area contributed by atoms with Gasteiger partial charge in [0.2, 0.25) is 0 Å². The summed E-state index contributed by atoms with van der Waals surface area (Å²) in [7, 11) is 0. The first-order valence-corrected chi connectivity index (χ1v) is 5.42. The van der Waals surface area contributed by atoms with Gasteiger partial charge in [0.15, 0.2) is 5.84 Å². The number of urea groups is 1. The molecule has 96 valence electrons. The van der Waals surface area contributed by atoms with E-state index in [1.165, 1.54) is 18.3 Å². The van der Waals surface area contributed by atoms with Gasteiger partial charge in [0.25, 0.3) is 0 Å². The molecule has 2 amide bonds. The number of hydrogen-bond acceptors (Lipinski definition) is 4. The predicted molar refractivity (Wildman–Crippen MR) is 69.0 cm³/mol. The zero-order valence-electron chi connectivity index (χ0n) is 9.47. The number of azo groups is 1. The number of carbonyl (C=O) groups is 1. The van der Waals surface area contributed by atoms with Crippen molar-refractivity contribution in [1.82, 2.24) is 5.32 Å². The molecular weight excluding hydrogens is 273 g/mol. The summed E-state index contributed by atoms with van der Waals surface area (Å²) in [6, 6.07) is 3.21. The Hall–Kier alpha value is -2.41. The van der Waals surface area contributed by atoms with Crippen LogP contribution in [0.3, 0.4) is 0 Å². The average molecular weight is 280 g/mol. The molecule has 0 spiro atoms. The van der Waals surface area contributed by atoms with Crippen LogP contribution in [0.5, 0.6) is 0 Å². The number of rotatable bonds is 2. The molecular formula is C11H7ClFN5O. The molecule has 0 aromatic heterocycles. The number of hydrogen-bond donors (Lipinski definition) is 1. The van der Waals surface area contributed by atoms with Gasteiger partial charge in [-0.05, 0) is 18.2 Å². The molecule has 8 heteroatoms. The van der Waals surface area contributed by atoms with Crippen molar-refractivity contribution in [3.8, 4) is 0 Å². The first-order chi connectivity index (χ1) is 9.06. The molecule has 0 atom stereocenters. The minimum atomic E-state index is -0.652. The first kappa shape index (κ1) is 13.0. The summed E-state index contributed by atoms with van der Waals surface area (Å²) in [5.74, 6) is -0.351. The fourth-order valence-corrected chi connectivity index (χ4v) is 1.41. The molecule has 1 heterocycles. The molecule has 1 aromatic carbocycles. The monoisotopic (exact) mass is 279 g/mol. The molecule has 0 bridgehead atoms. The second-order valence-corrected chi connectivity index (χ2v) is 3.84. The van der Waals surface area contributed by atoms with Crippen LogP contribution in [0, 0.1) is 5.82 Å². The number of amidine groups is 1. The Morgan fingerprint density at radius 1 is 1.42 bits per heavy atom. The van der Waals surface area contributed by atoms with Crippen molar-refractivity contribution in [3.63, 3.8) is 0 Å². The number of halogens is 2. The normalized spacial score (nSPS) is 17.3. The third-order valence-electron chi connectivity index (χ3n) is 2.08. The largest absolute Gasteiger partial charge is 0.365 e. The lowest BCUT2D eigenvalue weighted by Crippen LogP contribution is -2.31. The van der Waals surface area contributed by atoms with Crippen molar-refractivity contribution < 1.29 is 9.18 Å². The van der Waals surface area contributed by atoms with Crippen LogP contribution in [0.2, 0.25) is 5.02 Å². The van der Waals surface area contributed by atoms with E-state index in [9.17, 15) is 9.18 Å². The van der Waals surface area contributed by atoms with E-state index in [4.69, 9.17) is 11.6 Å². The molecule has 1 aromatic rings. The summed E-state index contributed by atoms with van der Waals surface area (Å²) >= 11 is 5.80. The average Bonchev–Trinajstić information content (AvgIpc) is 2.36. The molecule has 0 aliphatic carbocycles. The van der Waals surface area contributed by atoms with Gasteiger partial charge in [0.1, 0.15) is 11.5 Å². The zero-order valence-corrected chi connectivity index (χ0v) is 10.2. The summed E-state index contributed by atoms with van der Waals surface area (Å²) < 4.78 is 12.8. The molecule has 2 rings (SSSR count). The van der Waals surface area contributed by atoms with E-state index in [0.717, 1.165) is 6.07 Å². The Balaban J connectivity index is 2.17. The summed E-state index contributed by atoms with van der Waals surface area (Å²) in [4.78, 5) is 10.9. The van der Waals surface area contributed by atoms with Crippen molar-refractivity contribution in [2.75, 3.05) is 0 Å². The Morgan fingerprint density at radius 3 is 2.95 bits per heavy atom. The molecule has 19 heavy (non-hydrogen) atoms. The van der Waals surface area contributed by atoms with Crippen LogP contribution in [-0.2, 0) is 0 Å². The lowest BCUT2D eigenvalue weighted by Gasteiger charge is -2.06. The minimum Gasteiger partial charge on any atom is -0.286 e. The Morgan fingerprint density at radius 2 is 2.21 bits per heavy atom. The van der Waals surface area contributed by atoms with E-state index in [0.29, 0.717) is 5.56 Å². The molecule has 1 aliphatic heterocycles. The highest BCUT2D eigenvalue weighted by atomic mass is 35.5. The summed E-state index contributed by atoms with van der Waals surface area (Å²) in [6.07, 6.45) is 1.32.